The zero-order chi connectivity index (χ0) is 18.7. The van der Waals surface area contributed by atoms with E-state index < -0.39 is 5.92 Å². The van der Waals surface area contributed by atoms with Crippen molar-refractivity contribution in [3.8, 4) is 0 Å². The van der Waals surface area contributed by atoms with Gasteiger partial charge in [-0.05, 0) is 35.6 Å². The van der Waals surface area contributed by atoms with Crippen molar-refractivity contribution in [3.05, 3.63) is 65.9 Å². The molecule has 2 aromatic carbocycles. The number of H-pyrrole nitrogens is 1. The van der Waals surface area contributed by atoms with Crippen LogP contribution in [0.2, 0.25) is 0 Å². The first-order valence-corrected chi connectivity index (χ1v) is 9.66. The van der Waals surface area contributed by atoms with Gasteiger partial charge >= 0.3 is 0 Å². The fourth-order valence-corrected chi connectivity index (χ4v) is 5.31. The molecule has 4 nitrogen and oxygen atoms in total. The van der Waals surface area contributed by atoms with Gasteiger partial charge in [0.1, 0.15) is 0 Å². The second-order valence-corrected chi connectivity index (χ2v) is 7.71. The third-order valence-corrected chi connectivity index (χ3v) is 6.48. The van der Waals surface area contributed by atoms with Gasteiger partial charge in [0.05, 0.1) is 17.5 Å². The van der Waals surface area contributed by atoms with E-state index in [4.69, 9.17) is 0 Å². The Labute approximate surface area is 158 Å². The number of imide groups is 1. The summed E-state index contributed by atoms with van der Waals surface area (Å²) in [6.07, 6.45) is 0.878. The number of benzene rings is 2. The standard InChI is InChI=1S/C23H22N2O2/c1-3-15-13(2)18-16-11-7-8-12-17(16)24-21(18)20-19(15)22(26)25(23(20)27)14-9-5-4-6-10-14/h4-13,15,19-20,24H,3H2,1-2H3/t13-,15+,19+,20+/m0/s1. The summed E-state index contributed by atoms with van der Waals surface area (Å²) in [7, 11) is 0. The Bertz CT molecular complexity index is 1050. The molecule has 0 radical (unpaired) electrons. The van der Waals surface area contributed by atoms with E-state index in [0.717, 1.165) is 17.6 Å². The molecule has 1 aliphatic carbocycles. The van der Waals surface area contributed by atoms with Crippen molar-refractivity contribution in [1.29, 1.82) is 0 Å². The van der Waals surface area contributed by atoms with Gasteiger partial charge in [0.15, 0.2) is 0 Å². The molecule has 4 heteroatoms. The average Bonchev–Trinajstić information content (AvgIpc) is 3.19. The van der Waals surface area contributed by atoms with Gasteiger partial charge in [-0.2, -0.15) is 0 Å². The summed E-state index contributed by atoms with van der Waals surface area (Å²) in [5.74, 6) is -0.477. The molecule has 4 atom stereocenters. The molecule has 27 heavy (non-hydrogen) atoms. The van der Waals surface area contributed by atoms with E-state index in [1.807, 2.05) is 48.5 Å². The minimum Gasteiger partial charge on any atom is -0.357 e. The van der Waals surface area contributed by atoms with E-state index in [1.165, 1.54) is 15.8 Å². The number of anilines is 1. The second kappa shape index (κ2) is 5.81. The minimum absolute atomic E-state index is 0.0563. The monoisotopic (exact) mass is 358 g/mol. The number of amides is 2. The van der Waals surface area contributed by atoms with Gasteiger partial charge in [-0.1, -0.05) is 56.7 Å². The van der Waals surface area contributed by atoms with Crippen LogP contribution >= 0.6 is 0 Å². The van der Waals surface area contributed by atoms with E-state index in [-0.39, 0.29) is 29.6 Å². The maximum atomic E-state index is 13.4. The number of nitrogens with zero attached hydrogens (tertiary/aromatic N) is 1. The summed E-state index contributed by atoms with van der Waals surface area (Å²) >= 11 is 0. The molecule has 1 aliphatic heterocycles. The van der Waals surface area contributed by atoms with Crippen molar-refractivity contribution in [1.82, 2.24) is 4.98 Å². The highest BCUT2D eigenvalue weighted by atomic mass is 16.2. The highest BCUT2D eigenvalue weighted by Gasteiger charge is 2.57. The van der Waals surface area contributed by atoms with Crippen LogP contribution in [0.15, 0.2) is 54.6 Å². The first kappa shape index (κ1) is 16.3. The second-order valence-electron chi connectivity index (χ2n) is 7.71. The van der Waals surface area contributed by atoms with Gasteiger partial charge in [0.2, 0.25) is 11.8 Å². The summed E-state index contributed by atoms with van der Waals surface area (Å²) < 4.78 is 0. The van der Waals surface area contributed by atoms with E-state index in [1.54, 1.807) is 0 Å². The summed E-state index contributed by atoms with van der Waals surface area (Å²) in [6.45, 7) is 4.33. The molecule has 136 valence electrons. The van der Waals surface area contributed by atoms with E-state index >= 15 is 0 Å². The normalized spacial score (nSPS) is 27.1. The number of para-hydroxylation sites is 2. The van der Waals surface area contributed by atoms with Crippen LogP contribution in [-0.2, 0) is 9.59 Å². The van der Waals surface area contributed by atoms with Crippen molar-refractivity contribution in [2.75, 3.05) is 4.90 Å². The molecule has 0 unspecified atom stereocenters. The number of nitrogens with one attached hydrogen (secondary N) is 1. The number of hydrogen-bond acceptors (Lipinski definition) is 2. The summed E-state index contributed by atoms with van der Waals surface area (Å²) in [5, 5.41) is 1.18. The van der Waals surface area contributed by atoms with Crippen LogP contribution in [-0.4, -0.2) is 16.8 Å². The first-order chi connectivity index (χ1) is 13.1. The third-order valence-electron chi connectivity index (χ3n) is 6.48. The van der Waals surface area contributed by atoms with Gasteiger partial charge in [0, 0.05) is 16.6 Å². The zero-order valence-electron chi connectivity index (χ0n) is 15.5. The summed E-state index contributed by atoms with van der Waals surface area (Å²) in [4.78, 5) is 31.7. The van der Waals surface area contributed by atoms with Crippen LogP contribution in [0.25, 0.3) is 10.9 Å². The largest absolute Gasteiger partial charge is 0.357 e. The highest BCUT2D eigenvalue weighted by molar-refractivity contribution is 6.24. The van der Waals surface area contributed by atoms with Gasteiger partial charge in [-0.25, -0.2) is 4.90 Å². The van der Waals surface area contributed by atoms with E-state index in [2.05, 4.69) is 24.9 Å². The van der Waals surface area contributed by atoms with Crippen LogP contribution in [0.3, 0.4) is 0 Å². The highest BCUT2D eigenvalue weighted by Crippen LogP contribution is 2.54. The molecular weight excluding hydrogens is 336 g/mol. The topological polar surface area (TPSA) is 53.2 Å². The molecule has 1 aromatic heterocycles. The molecule has 3 aromatic rings. The zero-order valence-corrected chi connectivity index (χ0v) is 15.5. The lowest BCUT2D eigenvalue weighted by Gasteiger charge is -2.35. The summed E-state index contributed by atoms with van der Waals surface area (Å²) in [5.41, 5.74) is 3.87. The summed E-state index contributed by atoms with van der Waals surface area (Å²) in [6, 6.07) is 17.5. The van der Waals surface area contributed by atoms with E-state index in [0.29, 0.717) is 5.69 Å². The molecule has 0 saturated carbocycles. The van der Waals surface area contributed by atoms with E-state index in [9.17, 15) is 9.59 Å². The molecule has 1 saturated heterocycles. The molecular formula is C23H22N2O2. The lowest BCUT2D eigenvalue weighted by Crippen LogP contribution is -2.34. The minimum atomic E-state index is -0.416. The molecule has 0 bridgehead atoms. The van der Waals surface area contributed by atoms with Crippen LogP contribution in [0.4, 0.5) is 5.69 Å². The molecule has 2 aliphatic rings. The van der Waals surface area contributed by atoms with Crippen LogP contribution in [0, 0.1) is 11.8 Å². The first-order valence-electron chi connectivity index (χ1n) is 9.66. The third kappa shape index (κ3) is 2.10. The number of rotatable bonds is 2. The number of carbonyl (C=O) groups excluding carboxylic acids is 2. The Morgan fingerprint density at radius 1 is 0.963 bits per heavy atom. The fourth-order valence-electron chi connectivity index (χ4n) is 5.31. The fraction of sp³-hybridized carbons (Fsp3) is 0.304. The van der Waals surface area contributed by atoms with Crippen molar-refractivity contribution in [2.24, 2.45) is 11.8 Å². The Morgan fingerprint density at radius 3 is 2.41 bits per heavy atom. The molecule has 1 fully saturated rings. The molecule has 1 N–H and O–H groups in total. The molecule has 5 rings (SSSR count). The number of carbonyl (C=O) groups is 2. The maximum absolute atomic E-state index is 13.4. The Kier molecular flexibility index (Phi) is 3.51. The number of hydrogen-bond donors (Lipinski definition) is 1. The van der Waals surface area contributed by atoms with Crippen LogP contribution in [0.1, 0.15) is 43.4 Å². The van der Waals surface area contributed by atoms with Crippen LogP contribution < -0.4 is 4.90 Å². The molecule has 2 amide bonds. The smallest absolute Gasteiger partial charge is 0.243 e. The Morgan fingerprint density at radius 2 is 1.67 bits per heavy atom. The number of aromatic nitrogens is 1. The van der Waals surface area contributed by atoms with Crippen LogP contribution in [0.5, 0.6) is 0 Å². The molecule has 2 heterocycles. The average molecular weight is 358 g/mol. The lowest BCUT2D eigenvalue weighted by molar-refractivity contribution is -0.123. The number of aromatic amines is 1. The van der Waals surface area contributed by atoms with Crippen molar-refractivity contribution < 1.29 is 9.59 Å². The quantitative estimate of drug-likeness (QED) is 0.682. The maximum Gasteiger partial charge on any atom is 0.243 e. The van der Waals surface area contributed by atoms with Gasteiger partial charge in [-0.3, -0.25) is 9.59 Å². The van der Waals surface area contributed by atoms with Gasteiger partial charge in [0.25, 0.3) is 0 Å². The number of fused-ring (bicyclic) bond motifs is 5. The Hall–Kier alpha value is -2.88. The van der Waals surface area contributed by atoms with Crippen molar-refractivity contribution in [3.63, 3.8) is 0 Å². The lowest BCUT2D eigenvalue weighted by atomic mass is 9.66. The molecule has 0 spiro atoms. The predicted molar refractivity (Wildman–Crippen MR) is 106 cm³/mol. The van der Waals surface area contributed by atoms with Crippen molar-refractivity contribution in [2.45, 2.75) is 32.1 Å². The SMILES string of the molecule is CC[C@H]1[C@H]2C(=O)N(c3ccccc3)C(=O)[C@H]2c2[nH]c3ccccc3c2[C@H]1C. The van der Waals surface area contributed by atoms with Gasteiger partial charge < -0.3 is 4.98 Å². The Balaban J connectivity index is 1.73. The van der Waals surface area contributed by atoms with Crippen molar-refractivity contribution >= 4 is 28.4 Å². The van der Waals surface area contributed by atoms with Gasteiger partial charge in [-0.15, -0.1) is 0 Å². The predicted octanol–water partition coefficient (Wildman–Crippen LogP) is 4.58.